The number of alkyl halides is 1. The number of imidazole rings is 1. The molecule has 1 aromatic heterocycles. The van der Waals surface area contributed by atoms with Crippen LogP contribution in [0.2, 0.25) is 0 Å². The number of benzene rings is 1. The highest BCUT2D eigenvalue weighted by Gasteiger charge is 2.19. The van der Waals surface area contributed by atoms with Crippen LogP contribution in [0, 0.1) is 0 Å². The molecule has 1 aromatic carbocycles. The summed E-state index contributed by atoms with van der Waals surface area (Å²) in [6.07, 6.45) is 0.808. The summed E-state index contributed by atoms with van der Waals surface area (Å²) < 4.78 is 2.27. The second kappa shape index (κ2) is 5.39. The second-order valence-electron chi connectivity index (χ2n) is 5.02. The first kappa shape index (κ1) is 12.8. The summed E-state index contributed by atoms with van der Waals surface area (Å²) in [4.78, 5) is 7.08. The monoisotopic (exact) mass is 278 g/mol. The molecule has 0 spiro atoms. The number of nitrogens with zero attached hydrogens (tertiary/aromatic N) is 4. The van der Waals surface area contributed by atoms with Gasteiger partial charge >= 0.3 is 0 Å². The molecule has 0 N–H and O–H groups in total. The van der Waals surface area contributed by atoms with Crippen LogP contribution in [0.3, 0.4) is 0 Å². The van der Waals surface area contributed by atoms with Gasteiger partial charge in [-0.1, -0.05) is 12.1 Å². The topological polar surface area (TPSA) is 24.3 Å². The van der Waals surface area contributed by atoms with Crippen molar-refractivity contribution in [2.75, 3.05) is 44.1 Å². The van der Waals surface area contributed by atoms with Gasteiger partial charge in [0, 0.05) is 38.5 Å². The SMILES string of the molecule is CN1CCN(n2c(CCCl)nc3ccccc32)CC1. The number of piperazine rings is 1. The molecule has 1 saturated heterocycles. The lowest BCUT2D eigenvalue weighted by atomic mass is 10.3. The first-order chi connectivity index (χ1) is 9.29. The van der Waals surface area contributed by atoms with E-state index in [1.54, 1.807) is 0 Å². The number of para-hydroxylation sites is 2. The Morgan fingerprint density at radius 1 is 1.16 bits per heavy atom. The molecular weight excluding hydrogens is 260 g/mol. The lowest BCUT2D eigenvalue weighted by Gasteiger charge is -2.35. The molecule has 0 radical (unpaired) electrons. The third kappa shape index (κ3) is 2.42. The van der Waals surface area contributed by atoms with Gasteiger partial charge in [-0.2, -0.15) is 0 Å². The van der Waals surface area contributed by atoms with Crippen molar-refractivity contribution in [3.63, 3.8) is 0 Å². The van der Waals surface area contributed by atoms with Crippen LogP contribution in [-0.2, 0) is 6.42 Å². The summed E-state index contributed by atoms with van der Waals surface area (Å²) in [5.41, 5.74) is 2.24. The van der Waals surface area contributed by atoms with E-state index in [0.29, 0.717) is 5.88 Å². The van der Waals surface area contributed by atoms with Gasteiger partial charge in [0.25, 0.3) is 0 Å². The van der Waals surface area contributed by atoms with E-state index in [1.165, 1.54) is 5.52 Å². The van der Waals surface area contributed by atoms with E-state index in [0.717, 1.165) is 43.9 Å². The molecule has 1 aliphatic rings. The van der Waals surface area contributed by atoms with Crippen LogP contribution in [0.15, 0.2) is 24.3 Å². The Bertz CT molecular complexity index is 558. The summed E-state index contributed by atoms with van der Waals surface area (Å²) in [7, 11) is 2.17. The van der Waals surface area contributed by atoms with Crippen LogP contribution in [0.1, 0.15) is 5.82 Å². The van der Waals surface area contributed by atoms with Crippen molar-refractivity contribution in [2.45, 2.75) is 6.42 Å². The third-order valence-electron chi connectivity index (χ3n) is 3.68. The predicted molar refractivity (Wildman–Crippen MR) is 79.6 cm³/mol. The molecule has 3 rings (SSSR count). The van der Waals surface area contributed by atoms with Crippen molar-refractivity contribution in [3.05, 3.63) is 30.1 Å². The number of likely N-dealkylation sites (N-methyl/N-ethyl adjacent to an activating group) is 1. The fraction of sp³-hybridized carbons (Fsp3) is 0.500. The maximum Gasteiger partial charge on any atom is 0.130 e. The minimum Gasteiger partial charge on any atom is -0.308 e. The molecule has 0 amide bonds. The molecule has 1 aliphatic heterocycles. The molecule has 0 saturated carbocycles. The number of aryl methyl sites for hydroxylation is 1. The van der Waals surface area contributed by atoms with Gasteiger partial charge in [0.2, 0.25) is 0 Å². The first-order valence-electron chi connectivity index (χ1n) is 6.75. The molecule has 5 heteroatoms. The van der Waals surface area contributed by atoms with E-state index >= 15 is 0 Å². The lowest BCUT2D eigenvalue weighted by molar-refractivity contribution is 0.287. The van der Waals surface area contributed by atoms with Crippen LogP contribution in [0.5, 0.6) is 0 Å². The summed E-state index contributed by atoms with van der Waals surface area (Å²) in [5.74, 6) is 1.68. The zero-order chi connectivity index (χ0) is 13.2. The van der Waals surface area contributed by atoms with Gasteiger partial charge in [-0.25, -0.2) is 9.66 Å². The Morgan fingerprint density at radius 3 is 2.63 bits per heavy atom. The first-order valence-corrected chi connectivity index (χ1v) is 7.29. The van der Waals surface area contributed by atoms with Crippen LogP contribution in [0.4, 0.5) is 0 Å². The van der Waals surface area contributed by atoms with E-state index in [-0.39, 0.29) is 0 Å². The molecule has 102 valence electrons. The van der Waals surface area contributed by atoms with Crippen molar-refractivity contribution in [2.24, 2.45) is 0 Å². The molecule has 1 fully saturated rings. The predicted octanol–water partition coefficient (Wildman–Crippen LogP) is 1.70. The highest BCUT2D eigenvalue weighted by molar-refractivity contribution is 6.17. The molecule has 0 aliphatic carbocycles. The molecule has 0 unspecified atom stereocenters. The molecular formula is C14H19ClN4. The Hall–Kier alpha value is -1.26. The zero-order valence-electron chi connectivity index (χ0n) is 11.2. The summed E-state index contributed by atoms with van der Waals surface area (Å²) >= 11 is 5.92. The second-order valence-corrected chi connectivity index (χ2v) is 5.40. The van der Waals surface area contributed by atoms with Gasteiger partial charge in [-0.05, 0) is 19.2 Å². The Kier molecular flexibility index (Phi) is 3.62. The minimum absolute atomic E-state index is 0.608. The summed E-state index contributed by atoms with van der Waals surface area (Å²) in [6.45, 7) is 4.25. The van der Waals surface area contributed by atoms with Crippen LogP contribution >= 0.6 is 11.6 Å². The van der Waals surface area contributed by atoms with Crippen LogP contribution in [0.25, 0.3) is 11.0 Å². The minimum atomic E-state index is 0.608. The van der Waals surface area contributed by atoms with Crippen molar-refractivity contribution in [1.29, 1.82) is 0 Å². The molecule has 2 heterocycles. The van der Waals surface area contributed by atoms with Gasteiger partial charge < -0.3 is 9.91 Å². The zero-order valence-corrected chi connectivity index (χ0v) is 12.0. The Balaban J connectivity index is 2.02. The van der Waals surface area contributed by atoms with Gasteiger partial charge in [-0.15, -0.1) is 11.6 Å². The lowest BCUT2D eigenvalue weighted by Crippen LogP contribution is -2.50. The fourth-order valence-corrected chi connectivity index (χ4v) is 2.79. The van der Waals surface area contributed by atoms with Crippen molar-refractivity contribution >= 4 is 22.6 Å². The van der Waals surface area contributed by atoms with Crippen molar-refractivity contribution < 1.29 is 0 Å². The Morgan fingerprint density at radius 2 is 1.89 bits per heavy atom. The molecule has 2 aromatic rings. The molecule has 0 bridgehead atoms. The average Bonchev–Trinajstić information content (AvgIpc) is 2.78. The standard InChI is InChI=1S/C14H19ClN4/c1-17-8-10-18(11-9-17)19-13-5-3-2-4-12(13)16-14(19)6-7-15/h2-5H,6-11H2,1H3. The number of hydrogen-bond donors (Lipinski definition) is 0. The highest BCUT2D eigenvalue weighted by Crippen LogP contribution is 2.18. The van der Waals surface area contributed by atoms with Crippen molar-refractivity contribution in [3.8, 4) is 0 Å². The average molecular weight is 279 g/mol. The Labute approximate surface area is 118 Å². The number of hydrogen-bond acceptors (Lipinski definition) is 3. The van der Waals surface area contributed by atoms with E-state index in [1.807, 2.05) is 6.07 Å². The van der Waals surface area contributed by atoms with Gasteiger partial charge in [0.05, 0.1) is 11.0 Å². The molecule has 19 heavy (non-hydrogen) atoms. The molecule has 0 atom stereocenters. The number of halogens is 1. The smallest absolute Gasteiger partial charge is 0.130 e. The van der Waals surface area contributed by atoms with E-state index in [2.05, 4.69) is 39.8 Å². The number of fused-ring (bicyclic) bond motifs is 1. The largest absolute Gasteiger partial charge is 0.308 e. The highest BCUT2D eigenvalue weighted by atomic mass is 35.5. The summed E-state index contributed by atoms with van der Waals surface area (Å²) in [6, 6.07) is 8.31. The third-order valence-corrected chi connectivity index (χ3v) is 3.87. The van der Waals surface area contributed by atoms with Gasteiger partial charge in [0.1, 0.15) is 5.82 Å². The maximum atomic E-state index is 5.92. The number of rotatable bonds is 3. The van der Waals surface area contributed by atoms with Gasteiger partial charge in [-0.3, -0.25) is 0 Å². The fourth-order valence-electron chi connectivity index (χ4n) is 2.62. The van der Waals surface area contributed by atoms with E-state index < -0.39 is 0 Å². The van der Waals surface area contributed by atoms with E-state index in [9.17, 15) is 0 Å². The van der Waals surface area contributed by atoms with E-state index in [4.69, 9.17) is 16.6 Å². The summed E-state index contributed by atoms with van der Waals surface area (Å²) in [5, 5.41) is 2.39. The maximum absolute atomic E-state index is 5.92. The van der Waals surface area contributed by atoms with Gasteiger partial charge in [0.15, 0.2) is 0 Å². The quantitative estimate of drug-likeness (QED) is 0.799. The molecule has 4 nitrogen and oxygen atoms in total. The van der Waals surface area contributed by atoms with Crippen LogP contribution < -0.4 is 5.01 Å². The van der Waals surface area contributed by atoms with Crippen LogP contribution in [-0.4, -0.2) is 53.7 Å². The van der Waals surface area contributed by atoms with Crippen molar-refractivity contribution in [1.82, 2.24) is 14.6 Å². The number of aromatic nitrogens is 2. The normalized spacial score (nSPS) is 17.3.